The maximum atomic E-state index is 12.7. The molecule has 0 aromatic heterocycles. The topological polar surface area (TPSA) is 43.1 Å². The molecule has 0 spiro atoms. The van der Waals surface area contributed by atoms with Crippen LogP contribution in [-0.4, -0.2) is 22.2 Å². The zero-order chi connectivity index (χ0) is 13.1. The fourth-order valence-corrected chi connectivity index (χ4v) is 3.23. The van der Waals surface area contributed by atoms with Gasteiger partial charge in [0.25, 0.3) is 0 Å². The molecular formula is C10H11BrF3NOS. The van der Waals surface area contributed by atoms with Crippen molar-refractivity contribution in [2.75, 3.05) is 6.54 Å². The molecule has 0 aliphatic carbocycles. The summed E-state index contributed by atoms with van der Waals surface area (Å²) in [6, 6.07) is 6.04. The van der Waals surface area contributed by atoms with Crippen LogP contribution in [0.5, 0.6) is 0 Å². The Balaban J connectivity index is 3.00. The first-order valence-corrected chi connectivity index (χ1v) is 6.79. The van der Waals surface area contributed by atoms with E-state index in [1.807, 2.05) is 0 Å². The average molecular weight is 330 g/mol. The minimum atomic E-state index is -4.51. The maximum absolute atomic E-state index is 12.7. The highest BCUT2D eigenvalue weighted by Crippen LogP contribution is 2.30. The van der Waals surface area contributed by atoms with E-state index in [2.05, 4.69) is 15.9 Å². The molecule has 1 aromatic rings. The molecule has 1 rings (SSSR count). The summed E-state index contributed by atoms with van der Waals surface area (Å²) < 4.78 is 50.5. The first-order chi connectivity index (χ1) is 7.86. The van der Waals surface area contributed by atoms with Crippen LogP contribution in [0, 0.1) is 0 Å². The fraction of sp³-hybridized carbons (Fsp3) is 0.400. The van der Waals surface area contributed by atoms with Gasteiger partial charge in [-0.05, 0) is 31.2 Å². The molecule has 0 radical (unpaired) electrons. The van der Waals surface area contributed by atoms with Crippen molar-refractivity contribution in [1.29, 1.82) is 0 Å². The Bertz CT molecular complexity index is 411. The second-order valence-electron chi connectivity index (χ2n) is 3.36. The number of benzene rings is 1. The standard InChI is InChI=1S/C10H11BrF3NOS/c11-7-2-1-3-8(6-7)17(16)9(4-5-15)10(12,13)14/h1-3,6,9H,4-5,15H2. The van der Waals surface area contributed by atoms with Crippen molar-refractivity contribution in [3.63, 3.8) is 0 Å². The third kappa shape index (κ3) is 4.08. The van der Waals surface area contributed by atoms with Crippen LogP contribution in [0.2, 0.25) is 0 Å². The van der Waals surface area contributed by atoms with E-state index in [-0.39, 0.29) is 17.9 Å². The normalized spacial score (nSPS) is 15.6. The smallest absolute Gasteiger partial charge is 0.330 e. The predicted molar refractivity (Wildman–Crippen MR) is 64.1 cm³/mol. The summed E-state index contributed by atoms with van der Waals surface area (Å²) in [5.74, 6) is 0. The molecule has 0 heterocycles. The number of hydrogen-bond donors (Lipinski definition) is 1. The van der Waals surface area contributed by atoms with E-state index >= 15 is 0 Å². The quantitative estimate of drug-likeness (QED) is 0.923. The molecule has 2 atom stereocenters. The van der Waals surface area contributed by atoms with E-state index in [0.717, 1.165) is 0 Å². The fourth-order valence-electron chi connectivity index (χ4n) is 1.30. The van der Waals surface area contributed by atoms with Gasteiger partial charge < -0.3 is 5.73 Å². The number of alkyl halides is 3. The highest BCUT2D eigenvalue weighted by Gasteiger charge is 2.43. The highest BCUT2D eigenvalue weighted by atomic mass is 79.9. The summed E-state index contributed by atoms with van der Waals surface area (Å²) in [5, 5.41) is -1.92. The van der Waals surface area contributed by atoms with Gasteiger partial charge in [0.05, 0.1) is 10.8 Å². The number of rotatable bonds is 4. The molecule has 0 saturated carbocycles. The van der Waals surface area contributed by atoms with Crippen molar-refractivity contribution in [1.82, 2.24) is 0 Å². The van der Waals surface area contributed by atoms with Crippen molar-refractivity contribution in [3.05, 3.63) is 28.7 Å². The Kier molecular flexibility index (Phi) is 5.15. The molecule has 17 heavy (non-hydrogen) atoms. The van der Waals surface area contributed by atoms with Crippen molar-refractivity contribution >= 4 is 26.7 Å². The molecule has 2 unspecified atom stereocenters. The Morgan fingerprint density at radius 3 is 2.53 bits per heavy atom. The second kappa shape index (κ2) is 5.97. The van der Waals surface area contributed by atoms with Crippen molar-refractivity contribution in [2.45, 2.75) is 22.7 Å². The van der Waals surface area contributed by atoms with Gasteiger partial charge in [-0.3, -0.25) is 4.21 Å². The Morgan fingerprint density at radius 2 is 2.06 bits per heavy atom. The van der Waals surface area contributed by atoms with Crippen molar-refractivity contribution < 1.29 is 17.4 Å². The zero-order valence-corrected chi connectivity index (χ0v) is 11.1. The molecule has 0 saturated heterocycles. The minimum Gasteiger partial charge on any atom is -0.330 e. The summed E-state index contributed by atoms with van der Waals surface area (Å²) in [4.78, 5) is 0.148. The Morgan fingerprint density at radius 1 is 1.41 bits per heavy atom. The van der Waals surface area contributed by atoms with Crippen LogP contribution in [0.15, 0.2) is 33.6 Å². The largest absolute Gasteiger partial charge is 0.403 e. The van der Waals surface area contributed by atoms with Crippen LogP contribution >= 0.6 is 15.9 Å². The lowest BCUT2D eigenvalue weighted by molar-refractivity contribution is -0.130. The van der Waals surface area contributed by atoms with Gasteiger partial charge in [-0.2, -0.15) is 13.2 Å². The van der Waals surface area contributed by atoms with Crippen molar-refractivity contribution in [3.8, 4) is 0 Å². The molecule has 7 heteroatoms. The van der Waals surface area contributed by atoms with Gasteiger partial charge in [0.15, 0.2) is 0 Å². The molecular weight excluding hydrogens is 319 g/mol. The van der Waals surface area contributed by atoms with Crippen molar-refractivity contribution in [2.24, 2.45) is 5.73 Å². The van der Waals surface area contributed by atoms with Gasteiger partial charge in [-0.25, -0.2) is 0 Å². The van der Waals surface area contributed by atoms with Crippen LogP contribution in [0.1, 0.15) is 6.42 Å². The third-order valence-corrected chi connectivity index (χ3v) is 4.31. The van der Waals surface area contributed by atoms with Gasteiger partial charge >= 0.3 is 6.18 Å². The lowest BCUT2D eigenvalue weighted by Crippen LogP contribution is -2.35. The predicted octanol–water partition coefficient (Wildman–Crippen LogP) is 2.84. The van der Waals surface area contributed by atoms with E-state index in [0.29, 0.717) is 4.47 Å². The molecule has 2 nitrogen and oxygen atoms in total. The number of halogens is 4. The molecule has 0 aliphatic heterocycles. The van der Waals surface area contributed by atoms with Gasteiger partial charge in [-0.15, -0.1) is 0 Å². The molecule has 0 fully saturated rings. The summed E-state index contributed by atoms with van der Waals surface area (Å²) in [6.07, 6.45) is -4.85. The van der Waals surface area contributed by atoms with Gasteiger partial charge in [-0.1, -0.05) is 22.0 Å². The molecule has 2 N–H and O–H groups in total. The minimum absolute atomic E-state index is 0.148. The monoisotopic (exact) mass is 329 g/mol. The first kappa shape index (κ1) is 14.7. The lowest BCUT2D eigenvalue weighted by Gasteiger charge is -2.19. The van der Waals surface area contributed by atoms with E-state index in [1.165, 1.54) is 12.1 Å². The summed E-state index contributed by atoms with van der Waals surface area (Å²) in [5.41, 5.74) is 5.13. The third-order valence-electron chi connectivity index (χ3n) is 2.08. The molecule has 0 bridgehead atoms. The van der Waals surface area contributed by atoms with Crippen LogP contribution in [-0.2, 0) is 10.8 Å². The molecule has 0 aliphatic rings. The molecule has 96 valence electrons. The lowest BCUT2D eigenvalue weighted by atomic mass is 10.3. The van der Waals surface area contributed by atoms with E-state index in [1.54, 1.807) is 12.1 Å². The number of hydrogen-bond acceptors (Lipinski definition) is 2. The zero-order valence-electron chi connectivity index (χ0n) is 8.71. The first-order valence-electron chi connectivity index (χ1n) is 4.79. The Hall–Kier alpha value is -0.400. The van der Waals surface area contributed by atoms with E-state index < -0.39 is 22.2 Å². The second-order valence-corrected chi connectivity index (χ2v) is 5.91. The SMILES string of the molecule is NCCC(S(=O)c1cccc(Br)c1)C(F)(F)F. The summed E-state index contributed by atoms with van der Waals surface area (Å²) in [6.45, 7) is -0.149. The van der Waals surface area contributed by atoms with Gasteiger partial charge in [0, 0.05) is 9.37 Å². The van der Waals surface area contributed by atoms with Crippen LogP contribution < -0.4 is 5.73 Å². The summed E-state index contributed by atoms with van der Waals surface area (Å²) in [7, 11) is -2.14. The molecule has 1 aromatic carbocycles. The van der Waals surface area contributed by atoms with Crippen LogP contribution in [0.4, 0.5) is 13.2 Å². The summed E-state index contributed by atoms with van der Waals surface area (Å²) >= 11 is 3.13. The van der Waals surface area contributed by atoms with Crippen LogP contribution in [0.25, 0.3) is 0 Å². The highest BCUT2D eigenvalue weighted by molar-refractivity contribution is 9.10. The molecule has 0 amide bonds. The van der Waals surface area contributed by atoms with E-state index in [4.69, 9.17) is 5.73 Å². The van der Waals surface area contributed by atoms with Gasteiger partial charge in [0.1, 0.15) is 5.25 Å². The van der Waals surface area contributed by atoms with Gasteiger partial charge in [0.2, 0.25) is 0 Å². The van der Waals surface area contributed by atoms with E-state index in [9.17, 15) is 17.4 Å². The number of nitrogens with two attached hydrogens (primary N) is 1. The van der Waals surface area contributed by atoms with Crippen LogP contribution in [0.3, 0.4) is 0 Å². The maximum Gasteiger partial charge on any atom is 0.403 e. The Labute approximate surface area is 108 Å². The average Bonchev–Trinajstić information content (AvgIpc) is 2.23.